The number of aliphatic imine (C=N–C) groups is 2. The summed E-state index contributed by atoms with van der Waals surface area (Å²) in [6.45, 7) is 1.95. The molecule has 192 valence electrons. The SMILES string of the molecule is Cc1ccccc1N1C(=O)CS/C1=N\N=C\c1ccc(C(N)=NC=Nc2ccc(OF)cc2)cc1.F.F. The molecule has 4 rings (SSSR count). The van der Waals surface area contributed by atoms with E-state index in [0.717, 1.165) is 16.8 Å². The fourth-order valence-corrected chi connectivity index (χ4v) is 4.00. The van der Waals surface area contributed by atoms with Crippen molar-refractivity contribution in [1.29, 1.82) is 0 Å². The molecule has 1 fully saturated rings. The molecule has 8 nitrogen and oxygen atoms in total. The van der Waals surface area contributed by atoms with Crippen LogP contribution in [0.3, 0.4) is 0 Å². The highest BCUT2D eigenvalue weighted by atomic mass is 32.2. The number of hydrogen-bond acceptors (Lipinski definition) is 6. The molecule has 2 N–H and O–H groups in total. The Bertz CT molecular complexity index is 1330. The lowest BCUT2D eigenvalue weighted by Crippen LogP contribution is -2.29. The number of para-hydroxylation sites is 1. The number of amidine groups is 2. The van der Waals surface area contributed by atoms with Crippen LogP contribution in [0.2, 0.25) is 0 Å². The molecule has 0 aromatic heterocycles. The van der Waals surface area contributed by atoms with Crippen molar-refractivity contribution in [1.82, 2.24) is 0 Å². The van der Waals surface area contributed by atoms with E-state index in [-0.39, 0.29) is 26.9 Å². The van der Waals surface area contributed by atoms with E-state index < -0.39 is 0 Å². The van der Waals surface area contributed by atoms with E-state index in [1.807, 2.05) is 55.5 Å². The molecule has 37 heavy (non-hydrogen) atoms. The first-order valence-electron chi connectivity index (χ1n) is 10.5. The second-order valence-corrected chi connectivity index (χ2v) is 8.33. The number of anilines is 1. The summed E-state index contributed by atoms with van der Waals surface area (Å²) in [7, 11) is 0. The van der Waals surface area contributed by atoms with Crippen molar-refractivity contribution in [3.63, 3.8) is 0 Å². The van der Waals surface area contributed by atoms with Crippen LogP contribution in [-0.2, 0) is 4.79 Å². The lowest BCUT2D eigenvalue weighted by molar-refractivity contribution is -0.115. The predicted molar refractivity (Wildman–Crippen MR) is 145 cm³/mol. The molecule has 0 radical (unpaired) electrons. The number of hydrogen-bond donors (Lipinski definition) is 1. The summed E-state index contributed by atoms with van der Waals surface area (Å²) in [5, 5.41) is 8.97. The normalized spacial score (nSPS) is 14.8. The maximum absolute atomic E-state index is 12.4. The van der Waals surface area contributed by atoms with Crippen molar-refractivity contribution in [3.05, 3.63) is 89.5 Å². The number of carbonyl (C=O) groups excluding carboxylic acids is 1. The Morgan fingerprint density at radius 3 is 2.43 bits per heavy atom. The van der Waals surface area contributed by atoms with E-state index >= 15 is 0 Å². The quantitative estimate of drug-likeness (QED) is 0.262. The van der Waals surface area contributed by atoms with Crippen LogP contribution in [0.5, 0.6) is 5.75 Å². The second-order valence-electron chi connectivity index (χ2n) is 7.38. The Labute approximate surface area is 215 Å². The minimum Gasteiger partial charge on any atom is -0.383 e. The molecule has 0 bridgehead atoms. The van der Waals surface area contributed by atoms with Gasteiger partial charge in [-0.15, -0.1) is 5.10 Å². The first kappa shape index (κ1) is 28.8. The molecule has 0 atom stereocenters. The molecule has 1 heterocycles. The largest absolute Gasteiger partial charge is 0.383 e. The maximum Gasteiger partial charge on any atom is 0.243 e. The number of rotatable bonds is 7. The molecule has 12 heteroatoms. The van der Waals surface area contributed by atoms with E-state index in [4.69, 9.17) is 5.73 Å². The summed E-state index contributed by atoms with van der Waals surface area (Å²) in [6, 6.07) is 21.0. The van der Waals surface area contributed by atoms with Crippen LogP contribution >= 0.6 is 11.8 Å². The zero-order valence-corrected chi connectivity index (χ0v) is 20.3. The summed E-state index contributed by atoms with van der Waals surface area (Å²) >= 11 is 1.36. The molecule has 1 aliphatic heterocycles. The van der Waals surface area contributed by atoms with Crippen molar-refractivity contribution in [3.8, 4) is 5.75 Å². The van der Waals surface area contributed by atoms with Gasteiger partial charge in [-0.1, -0.05) is 54.2 Å². The van der Waals surface area contributed by atoms with Crippen LogP contribution in [0, 0.1) is 6.92 Å². The van der Waals surface area contributed by atoms with Gasteiger partial charge < -0.3 is 5.73 Å². The number of halogens is 3. The third-order valence-electron chi connectivity index (χ3n) is 5.01. The Balaban J connectivity index is 0.00000241. The molecular formula is C25H23F3N6O2S. The van der Waals surface area contributed by atoms with Gasteiger partial charge in [0.2, 0.25) is 5.91 Å². The molecule has 1 aliphatic rings. The van der Waals surface area contributed by atoms with Crippen molar-refractivity contribution in [2.45, 2.75) is 6.92 Å². The van der Waals surface area contributed by atoms with Gasteiger partial charge in [-0.05, 0) is 48.4 Å². The molecule has 0 unspecified atom stereocenters. The second kappa shape index (κ2) is 13.6. The number of nitrogens with two attached hydrogens (primary N) is 1. The molecule has 3 aromatic rings. The first-order valence-corrected chi connectivity index (χ1v) is 11.5. The Morgan fingerprint density at radius 2 is 1.76 bits per heavy atom. The Morgan fingerprint density at radius 1 is 1.05 bits per heavy atom. The van der Waals surface area contributed by atoms with Crippen LogP contribution in [0.1, 0.15) is 16.7 Å². The Kier molecular flexibility index (Phi) is 10.6. The number of amides is 1. The van der Waals surface area contributed by atoms with E-state index in [2.05, 4.69) is 25.1 Å². The van der Waals surface area contributed by atoms with Crippen LogP contribution < -0.4 is 15.6 Å². The van der Waals surface area contributed by atoms with Gasteiger partial charge in [-0.2, -0.15) is 5.10 Å². The lowest BCUT2D eigenvalue weighted by Gasteiger charge is -2.17. The van der Waals surface area contributed by atoms with Crippen LogP contribution in [0.15, 0.2) is 93.0 Å². The van der Waals surface area contributed by atoms with E-state index in [0.29, 0.717) is 22.2 Å². The fraction of sp³-hybridized carbons (Fsp3) is 0.0800. The summed E-state index contributed by atoms with van der Waals surface area (Å²) in [6.07, 6.45) is 2.93. The Hall–Kier alpha value is -4.45. The standard InChI is InChI=1S/C25H21FN6O2S.2FH/c1-17-4-2-3-5-22(17)32-23(33)15-35-25(32)31-30-14-18-6-8-19(9-7-18)24(27)29-16-28-20-10-12-21(34-26)13-11-20;;/h2-14,16H,15H2,1H3,(H2,27,28,29);2*1H/b30-14+,31-25-;;. The fourth-order valence-electron chi connectivity index (χ4n) is 3.19. The predicted octanol–water partition coefficient (Wildman–Crippen LogP) is 5.10. The van der Waals surface area contributed by atoms with E-state index in [1.165, 1.54) is 30.2 Å². The summed E-state index contributed by atoms with van der Waals surface area (Å²) in [5.41, 5.74) is 9.93. The first-order chi connectivity index (χ1) is 17.0. The molecule has 0 saturated carbocycles. The van der Waals surface area contributed by atoms with Gasteiger partial charge in [0.05, 0.1) is 23.3 Å². The summed E-state index contributed by atoms with van der Waals surface area (Å²) in [4.78, 5) is 25.9. The third-order valence-corrected chi connectivity index (χ3v) is 5.92. The summed E-state index contributed by atoms with van der Waals surface area (Å²) in [5.74, 6) is 0.695. The van der Waals surface area contributed by atoms with Gasteiger partial charge in [0.15, 0.2) is 10.9 Å². The molecule has 0 aliphatic carbocycles. The topological polar surface area (TPSA) is 105 Å². The van der Waals surface area contributed by atoms with Crippen molar-refractivity contribution >= 4 is 52.6 Å². The third kappa shape index (κ3) is 7.27. The van der Waals surface area contributed by atoms with Gasteiger partial charge in [-0.3, -0.25) is 24.0 Å². The van der Waals surface area contributed by atoms with Crippen LogP contribution in [0.4, 0.5) is 25.3 Å². The molecule has 3 aromatic carbocycles. The summed E-state index contributed by atoms with van der Waals surface area (Å²) < 4.78 is 12.1. The van der Waals surface area contributed by atoms with Crippen LogP contribution in [0.25, 0.3) is 0 Å². The van der Waals surface area contributed by atoms with Gasteiger partial charge >= 0.3 is 0 Å². The average molecular weight is 529 g/mol. The minimum atomic E-state index is -0.0216. The number of thioether (sulfide) groups is 1. The monoisotopic (exact) mass is 528 g/mol. The number of carbonyl (C=O) groups is 1. The maximum atomic E-state index is 12.4. The van der Waals surface area contributed by atoms with Crippen molar-refractivity contribution < 1.29 is 23.7 Å². The van der Waals surface area contributed by atoms with Crippen LogP contribution in [-0.4, -0.2) is 35.2 Å². The molecular weight excluding hydrogens is 505 g/mol. The van der Waals surface area contributed by atoms with Gasteiger partial charge in [-0.25, -0.2) is 9.98 Å². The highest BCUT2D eigenvalue weighted by Crippen LogP contribution is 2.29. The zero-order chi connectivity index (χ0) is 24.6. The molecule has 1 amide bonds. The van der Waals surface area contributed by atoms with Crippen molar-refractivity contribution in [2.24, 2.45) is 25.9 Å². The number of benzene rings is 3. The van der Waals surface area contributed by atoms with Gasteiger partial charge in [0.25, 0.3) is 0 Å². The minimum absolute atomic E-state index is 0. The highest BCUT2D eigenvalue weighted by molar-refractivity contribution is 8.15. The van der Waals surface area contributed by atoms with Gasteiger partial charge in [0.1, 0.15) is 12.2 Å². The van der Waals surface area contributed by atoms with E-state index in [1.54, 1.807) is 23.2 Å². The molecule has 1 saturated heterocycles. The molecule has 0 spiro atoms. The zero-order valence-electron chi connectivity index (χ0n) is 19.5. The number of aryl methyl sites for hydroxylation is 1. The van der Waals surface area contributed by atoms with Gasteiger partial charge in [0, 0.05) is 10.1 Å². The highest BCUT2D eigenvalue weighted by Gasteiger charge is 2.30. The lowest BCUT2D eigenvalue weighted by atomic mass is 10.1. The number of nitrogens with zero attached hydrogens (tertiary/aromatic N) is 5. The van der Waals surface area contributed by atoms with Crippen molar-refractivity contribution in [2.75, 3.05) is 10.7 Å². The van der Waals surface area contributed by atoms with E-state index in [9.17, 15) is 9.32 Å². The smallest absolute Gasteiger partial charge is 0.243 e. The average Bonchev–Trinajstić information content (AvgIpc) is 3.25.